The molecule has 0 N–H and O–H groups in total. The van der Waals surface area contributed by atoms with Crippen molar-refractivity contribution in [2.24, 2.45) is 0 Å². The number of anilines is 2. The summed E-state index contributed by atoms with van der Waals surface area (Å²) in [6, 6.07) is 13.3. The second-order valence-corrected chi connectivity index (χ2v) is 5.98. The van der Waals surface area contributed by atoms with Crippen molar-refractivity contribution in [3.05, 3.63) is 68.8 Å². The lowest BCUT2D eigenvalue weighted by atomic mass is 10.1. The number of nitro benzene ring substituents is 2. The normalized spacial score (nSPS) is 17.4. The molecule has 2 aromatic rings. The maximum absolute atomic E-state index is 11.3. The van der Waals surface area contributed by atoms with Crippen molar-refractivity contribution in [3.8, 4) is 0 Å². The molecular weight excluding hydrogens is 324 g/mol. The van der Waals surface area contributed by atoms with Gasteiger partial charge in [-0.15, -0.1) is 0 Å². The number of nitrogens with zero attached hydrogens (tertiary/aromatic N) is 4. The topological polar surface area (TPSA) is 92.8 Å². The maximum Gasteiger partial charge on any atom is 0.292 e. The minimum Gasteiger partial charge on any atom is -0.362 e. The van der Waals surface area contributed by atoms with Crippen LogP contribution in [0.3, 0.4) is 0 Å². The maximum atomic E-state index is 11.3. The molecule has 0 bridgehead atoms. The van der Waals surface area contributed by atoms with Crippen LogP contribution in [0.4, 0.5) is 22.7 Å². The summed E-state index contributed by atoms with van der Waals surface area (Å²) in [6.07, 6.45) is 0. The standard InChI is InChI=1S/C17H18N4O4/c1-13-12-18(14-6-2-4-8-16(14)20(22)23)10-11-19(13)15-7-3-5-9-17(15)21(24)25/h2-9,13H,10-12H2,1H3/t13-/m0/s1. The van der Waals surface area contributed by atoms with E-state index in [-0.39, 0.29) is 27.3 Å². The van der Waals surface area contributed by atoms with Crippen LogP contribution in [-0.4, -0.2) is 35.5 Å². The third kappa shape index (κ3) is 3.23. The smallest absolute Gasteiger partial charge is 0.292 e. The highest BCUT2D eigenvalue weighted by Gasteiger charge is 2.30. The zero-order valence-electron chi connectivity index (χ0n) is 13.7. The second-order valence-electron chi connectivity index (χ2n) is 5.98. The molecule has 1 aliphatic rings. The summed E-state index contributed by atoms with van der Waals surface area (Å²) >= 11 is 0. The van der Waals surface area contributed by atoms with Gasteiger partial charge in [0, 0.05) is 37.8 Å². The average Bonchev–Trinajstić information content (AvgIpc) is 2.61. The molecular formula is C17H18N4O4. The summed E-state index contributed by atoms with van der Waals surface area (Å²) in [5.74, 6) is 0. The van der Waals surface area contributed by atoms with Gasteiger partial charge >= 0.3 is 0 Å². The summed E-state index contributed by atoms with van der Waals surface area (Å²) in [5, 5.41) is 22.5. The van der Waals surface area contributed by atoms with Crippen LogP contribution >= 0.6 is 0 Å². The predicted molar refractivity (Wildman–Crippen MR) is 95.2 cm³/mol. The molecule has 0 aromatic heterocycles. The van der Waals surface area contributed by atoms with E-state index < -0.39 is 0 Å². The van der Waals surface area contributed by atoms with Crippen molar-refractivity contribution in [2.75, 3.05) is 29.4 Å². The van der Waals surface area contributed by atoms with Crippen molar-refractivity contribution in [2.45, 2.75) is 13.0 Å². The molecule has 0 saturated carbocycles. The molecule has 8 nitrogen and oxygen atoms in total. The lowest BCUT2D eigenvalue weighted by Crippen LogP contribution is -2.52. The van der Waals surface area contributed by atoms with E-state index in [2.05, 4.69) is 0 Å². The highest BCUT2D eigenvalue weighted by Crippen LogP contribution is 2.33. The summed E-state index contributed by atoms with van der Waals surface area (Å²) in [4.78, 5) is 25.7. The number of benzene rings is 2. The first-order valence-electron chi connectivity index (χ1n) is 7.97. The molecule has 0 amide bonds. The first kappa shape index (κ1) is 16.7. The summed E-state index contributed by atoms with van der Waals surface area (Å²) < 4.78 is 0. The van der Waals surface area contributed by atoms with E-state index >= 15 is 0 Å². The van der Waals surface area contributed by atoms with Gasteiger partial charge in [0.15, 0.2) is 0 Å². The van der Waals surface area contributed by atoms with Gasteiger partial charge in [-0.3, -0.25) is 20.2 Å². The molecule has 130 valence electrons. The van der Waals surface area contributed by atoms with Crippen LogP contribution in [0.2, 0.25) is 0 Å². The van der Waals surface area contributed by atoms with E-state index in [9.17, 15) is 20.2 Å². The SMILES string of the molecule is C[C@H]1CN(c2ccccc2[N+](=O)[O-])CCN1c1ccccc1[N+](=O)[O-]. The highest BCUT2D eigenvalue weighted by molar-refractivity contribution is 5.67. The minimum atomic E-state index is -0.381. The Morgan fingerprint density at radius 2 is 1.40 bits per heavy atom. The number of piperazine rings is 1. The minimum absolute atomic E-state index is 0.0188. The Morgan fingerprint density at radius 1 is 0.880 bits per heavy atom. The van der Waals surface area contributed by atoms with Gasteiger partial charge in [0.05, 0.1) is 9.85 Å². The molecule has 2 aromatic carbocycles. The third-order valence-electron chi connectivity index (χ3n) is 4.43. The lowest BCUT2D eigenvalue weighted by Gasteiger charge is -2.41. The molecule has 0 aliphatic carbocycles. The quantitative estimate of drug-likeness (QED) is 0.625. The van der Waals surface area contributed by atoms with Gasteiger partial charge in [0.1, 0.15) is 11.4 Å². The summed E-state index contributed by atoms with van der Waals surface area (Å²) in [5.41, 5.74) is 1.33. The van der Waals surface area contributed by atoms with E-state index in [0.717, 1.165) is 0 Å². The molecule has 3 rings (SSSR count). The number of rotatable bonds is 4. The lowest BCUT2D eigenvalue weighted by molar-refractivity contribution is -0.384. The fraction of sp³-hybridized carbons (Fsp3) is 0.294. The first-order valence-corrected chi connectivity index (χ1v) is 7.97. The summed E-state index contributed by atoms with van der Waals surface area (Å²) in [7, 11) is 0. The molecule has 0 radical (unpaired) electrons. The zero-order valence-corrected chi connectivity index (χ0v) is 13.7. The Balaban J connectivity index is 1.85. The van der Waals surface area contributed by atoms with Crippen molar-refractivity contribution < 1.29 is 9.85 Å². The molecule has 1 atom stereocenters. The van der Waals surface area contributed by atoms with Crippen molar-refractivity contribution in [1.82, 2.24) is 0 Å². The number of hydrogen-bond acceptors (Lipinski definition) is 6. The second kappa shape index (κ2) is 6.76. The molecule has 0 spiro atoms. The fourth-order valence-corrected chi connectivity index (χ4v) is 3.28. The largest absolute Gasteiger partial charge is 0.362 e. The Labute approximate surface area is 144 Å². The van der Waals surface area contributed by atoms with Crippen LogP contribution < -0.4 is 9.80 Å². The average molecular weight is 342 g/mol. The van der Waals surface area contributed by atoms with Crippen LogP contribution in [0.1, 0.15) is 6.92 Å². The molecule has 8 heteroatoms. The van der Waals surface area contributed by atoms with Crippen LogP contribution in [0.25, 0.3) is 0 Å². The van der Waals surface area contributed by atoms with Crippen LogP contribution in [-0.2, 0) is 0 Å². The van der Waals surface area contributed by atoms with Gasteiger partial charge < -0.3 is 9.80 Å². The Morgan fingerprint density at radius 3 is 1.96 bits per heavy atom. The van der Waals surface area contributed by atoms with Crippen molar-refractivity contribution >= 4 is 22.7 Å². The van der Waals surface area contributed by atoms with E-state index in [0.29, 0.717) is 31.0 Å². The predicted octanol–water partition coefficient (Wildman–Crippen LogP) is 3.22. The number of hydrogen-bond donors (Lipinski definition) is 0. The number of para-hydroxylation sites is 4. The van der Waals surface area contributed by atoms with E-state index in [1.54, 1.807) is 36.4 Å². The zero-order chi connectivity index (χ0) is 18.0. The van der Waals surface area contributed by atoms with Gasteiger partial charge in [-0.05, 0) is 19.1 Å². The first-order chi connectivity index (χ1) is 12.0. The molecule has 1 heterocycles. The van der Waals surface area contributed by atoms with Gasteiger partial charge in [-0.2, -0.15) is 0 Å². The van der Waals surface area contributed by atoms with Gasteiger partial charge in [-0.1, -0.05) is 24.3 Å². The monoisotopic (exact) mass is 342 g/mol. The fourth-order valence-electron chi connectivity index (χ4n) is 3.28. The van der Waals surface area contributed by atoms with Crippen molar-refractivity contribution in [1.29, 1.82) is 0 Å². The van der Waals surface area contributed by atoms with Crippen LogP contribution in [0.15, 0.2) is 48.5 Å². The van der Waals surface area contributed by atoms with Crippen LogP contribution in [0, 0.1) is 20.2 Å². The number of nitro groups is 2. The Kier molecular flexibility index (Phi) is 4.51. The van der Waals surface area contributed by atoms with E-state index in [4.69, 9.17) is 0 Å². The van der Waals surface area contributed by atoms with Gasteiger partial charge in [0.25, 0.3) is 11.4 Å². The third-order valence-corrected chi connectivity index (χ3v) is 4.43. The molecule has 1 aliphatic heterocycles. The molecule has 1 fully saturated rings. The van der Waals surface area contributed by atoms with Crippen LogP contribution in [0.5, 0.6) is 0 Å². The Bertz CT molecular complexity index is 811. The van der Waals surface area contributed by atoms with E-state index in [1.165, 1.54) is 12.1 Å². The molecule has 1 saturated heterocycles. The Hall–Kier alpha value is -3.16. The van der Waals surface area contributed by atoms with Gasteiger partial charge in [0.2, 0.25) is 0 Å². The summed E-state index contributed by atoms with van der Waals surface area (Å²) in [6.45, 7) is 3.63. The molecule has 0 unspecified atom stereocenters. The van der Waals surface area contributed by atoms with Crippen molar-refractivity contribution in [3.63, 3.8) is 0 Å². The van der Waals surface area contributed by atoms with E-state index in [1.807, 2.05) is 16.7 Å². The molecule has 25 heavy (non-hydrogen) atoms. The van der Waals surface area contributed by atoms with Gasteiger partial charge in [-0.25, -0.2) is 0 Å². The highest BCUT2D eigenvalue weighted by atomic mass is 16.6.